The first-order valence-electron chi connectivity index (χ1n) is 12.8. The Balaban J connectivity index is 1.28. The summed E-state index contributed by atoms with van der Waals surface area (Å²) in [5.41, 5.74) is 5.74. The van der Waals surface area contributed by atoms with Gasteiger partial charge in [0.25, 0.3) is 0 Å². The molecule has 0 spiro atoms. The van der Waals surface area contributed by atoms with Gasteiger partial charge in [-0.25, -0.2) is 0 Å². The molecule has 1 fully saturated rings. The first-order valence-corrected chi connectivity index (χ1v) is 13.7. The maximum atomic E-state index is 12.4. The first kappa shape index (κ1) is 25.2. The third kappa shape index (κ3) is 5.30. The number of aryl methyl sites for hydroxylation is 1. The van der Waals surface area contributed by atoms with Crippen molar-refractivity contribution >= 4 is 23.4 Å². The van der Waals surface area contributed by atoms with Crippen LogP contribution in [0.5, 0.6) is 0 Å². The van der Waals surface area contributed by atoms with Gasteiger partial charge in [-0.1, -0.05) is 71.9 Å². The van der Waals surface area contributed by atoms with Crippen LogP contribution >= 0.6 is 11.8 Å². The number of hydrogen-bond donors (Lipinski definition) is 0. The predicted octanol–water partition coefficient (Wildman–Crippen LogP) is 7.14. The Bertz CT molecular complexity index is 1340. The van der Waals surface area contributed by atoms with Crippen LogP contribution < -0.4 is 4.90 Å². The number of hydrogen-bond acceptors (Lipinski definition) is 6. The molecule has 1 aromatic heterocycles. The van der Waals surface area contributed by atoms with Crippen LogP contribution in [-0.4, -0.2) is 37.1 Å². The molecule has 0 atom stereocenters. The first-order chi connectivity index (χ1) is 18.0. The minimum Gasteiger partial charge on any atom is -0.465 e. The van der Waals surface area contributed by atoms with Gasteiger partial charge < -0.3 is 14.2 Å². The van der Waals surface area contributed by atoms with E-state index in [4.69, 9.17) is 9.26 Å². The van der Waals surface area contributed by atoms with Crippen LogP contribution in [0.4, 0.5) is 5.69 Å². The van der Waals surface area contributed by atoms with Crippen LogP contribution in [0.1, 0.15) is 31.0 Å². The molecule has 1 heterocycles. The molecular formula is C31H32N2O3S. The van der Waals surface area contributed by atoms with E-state index in [-0.39, 0.29) is 5.97 Å². The molecule has 37 heavy (non-hydrogen) atoms. The van der Waals surface area contributed by atoms with Crippen LogP contribution in [-0.2, 0) is 14.9 Å². The van der Waals surface area contributed by atoms with Gasteiger partial charge in [-0.3, -0.25) is 4.79 Å². The topological polar surface area (TPSA) is 55.6 Å². The molecule has 0 aliphatic heterocycles. The van der Waals surface area contributed by atoms with Crippen LogP contribution in [0.2, 0.25) is 0 Å². The number of aromatic nitrogens is 1. The summed E-state index contributed by atoms with van der Waals surface area (Å²) in [5.74, 6) is 1.65. The zero-order valence-electron chi connectivity index (χ0n) is 21.6. The number of esters is 1. The second-order valence-corrected chi connectivity index (χ2v) is 10.7. The predicted molar refractivity (Wildman–Crippen MR) is 150 cm³/mol. The van der Waals surface area contributed by atoms with Gasteiger partial charge in [-0.15, -0.1) is 11.8 Å². The van der Waals surface area contributed by atoms with Crippen LogP contribution in [0.3, 0.4) is 0 Å². The Labute approximate surface area is 222 Å². The summed E-state index contributed by atoms with van der Waals surface area (Å²) in [7, 11) is 2.09. The highest BCUT2D eigenvalue weighted by atomic mass is 32.2. The zero-order valence-corrected chi connectivity index (χ0v) is 22.4. The summed E-state index contributed by atoms with van der Waals surface area (Å²) in [6, 6.07) is 27.1. The fourth-order valence-electron chi connectivity index (χ4n) is 4.73. The second kappa shape index (κ2) is 10.9. The molecule has 190 valence electrons. The third-order valence-corrected chi connectivity index (χ3v) is 7.98. The van der Waals surface area contributed by atoms with Gasteiger partial charge in [-0.05, 0) is 55.5 Å². The number of anilines is 1. The number of ether oxygens (including phenoxy) is 1. The Morgan fingerprint density at radius 3 is 2.22 bits per heavy atom. The van der Waals surface area contributed by atoms with Crippen LogP contribution in [0, 0.1) is 6.92 Å². The Morgan fingerprint density at radius 2 is 1.59 bits per heavy atom. The van der Waals surface area contributed by atoms with E-state index in [1.165, 1.54) is 4.90 Å². The summed E-state index contributed by atoms with van der Waals surface area (Å²) >= 11 is 1.84. The van der Waals surface area contributed by atoms with E-state index in [1.807, 2.05) is 31.7 Å². The molecule has 0 radical (unpaired) electrons. The van der Waals surface area contributed by atoms with Gasteiger partial charge in [0.15, 0.2) is 5.76 Å². The number of rotatable bonds is 10. The molecule has 5 rings (SSSR count). The number of carbonyl (C=O) groups is 1. The molecule has 1 saturated carbocycles. The highest BCUT2D eigenvalue weighted by Gasteiger charge is 2.52. The van der Waals surface area contributed by atoms with Gasteiger partial charge in [0.1, 0.15) is 11.4 Å². The lowest BCUT2D eigenvalue weighted by atomic mass is 9.93. The molecule has 4 aromatic rings. The smallest absolute Gasteiger partial charge is 0.316 e. The average Bonchev–Trinajstić information content (AvgIpc) is 3.66. The quantitative estimate of drug-likeness (QED) is 0.166. The number of nitrogens with zero attached hydrogens (tertiary/aromatic N) is 2. The monoisotopic (exact) mass is 512 g/mol. The van der Waals surface area contributed by atoms with Gasteiger partial charge >= 0.3 is 5.97 Å². The van der Waals surface area contributed by atoms with E-state index in [1.54, 1.807) is 0 Å². The SMILES string of the molecule is CCOC(=O)C1(c2ccc(-c3ccc(-c4onc(C)c4N(C)CCSc4ccccc4)cc3)cc2)CC1. The van der Waals surface area contributed by atoms with Gasteiger partial charge in [0.05, 0.1) is 12.0 Å². The number of thioether (sulfide) groups is 1. The van der Waals surface area contributed by atoms with Crippen molar-refractivity contribution < 1.29 is 14.1 Å². The van der Waals surface area contributed by atoms with Gasteiger partial charge in [0.2, 0.25) is 0 Å². The molecular weight excluding hydrogens is 480 g/mol. The summed E-state index contributed by atoms with van der Waals surface area (Å²) in [6.45, 7) is 5.14. The summed E-state index contributed by atoms with van der Waals surface area (Å²) in [4.78, 5) is 15.9. The molecule has 1 aliphatic carbocycles. The molecule has 1 aliphatic rings. The maximum Gasteiger partial charge on any atom is 0.316 e. The molecule has 0 saturated heterocycles. The standard InChI is InChI=1S/C31H32N2O3S/c1-4-35-30(34)31(18-19-31)26-16-14-24(15-17-26)23-10-12-25(13-11-23)29-28(22(2)32-36-29)33(3)20-21-37-27-8-6-5-7-9-27/h5-17H,4,18-21H2,1-3H3. The van der Waals surface area contributed by atoms with Crippen molar-refractivity contribution in [2.75, 3.05) is 30.9 Å². The minimum absolute atomic E-state index is 0.103. The third-order valence-electron chi connectivity index (χ3n) is 6.99. The van der Waals surface area contributed by atoms with E-state index in [0.29, 0.717) is 6.61 Å². The summed E-state index contributed by atoms with van der Waals surface area (Å²) in [5, 5.41) is 4.27. The van der Waals surface area contributed by atoms with Gasteiger partial charge in [-0.2, -0.15) is 0 Å². The highest BCUT2D eigenvalue weighted by Crippen LogP contribution is 2.49. The molecule has 0 unspecified atom stereocenters. The van der Waals surface area contributed by atoms with E-state index in [0.717, 1.165) is 64.5 Å². The second-order valence-electron chi connectivity index (χ2n) is 9.49. The van der Waals surface area contributed by atoms with Crippen molar-refractivity contribution in [1.29, 1.82) is 0 Å². The largest absolute Gasteiger partial charge is 0.465 e. The molecule has 6 heteroatoms. The molecule has 0 amide bonds. The summed E-state index contributed by atoms with van der Waals surface area (Å²) in [6.07, 6.45) is 1.72. The minimum atomic E-state index is -0.440. The van der Waals surface area contributed by atoms with Crippen molar-refractivity contribution in [3.05, 3.63) is 90.1 Å². The van der Waals surface area contributed by atoms with Crippen molar-refractivity contribution in [2.24, 2.45) is 0 Å². The highest BCUT2D eigenvalue weighted by molar-refractivity contribution is 7.99. The lowest BCUT2D eigenvalue weighted by Gasteiger charge is -2.19. The van der Waals surface area contributed by atoms with E-state index in [2.05, 4.69) is 89.9 Å². The van der Waals surface area contributed by atoms with E-state index >= 15 is 0 Å². The Hall–Kier alpha value is -3.51. The van der Waals surface area contributed by atoms with Crippen molar-refractivity contribution in [3.63, 3.8) is 0 Å². The van der Waals surface area contributed by atoms with Crippen LogP contribution in [0.15, 0.2) is 88.3 Å². The fourth-order valence-corrected chi connectivity index (χ4v) is 5.68. The Morgan fingerprint density at radius 1 is 0.973 bits per heavy atom. The van der Waals surface area contributed by atoms with E-state index in [9.17, 15) is 4.79 Å². The number of carbonyl (C=O) groups excluding carboxylic acids is 1. The molecule has 3 aromatic carbocycles. The maximum absolute atomic E-state index is 12.4. The van der Waals surface area contributed by atoms with Crippen molar-refractivity contribution in [3.8, 4) is 22.5 Å². The van der Waals surface area contributed by atoms with Gasteiger partial charge in [0, 0.05) is 29.8 Å². The molecule has 0 N–H and O–H groups in total. The zero-order chi connectivity index (χ0) is 25.8. The lowest BCUT2D eigenvalue weighted by Crippen LogP contribution is -2.23. The molecule has 5 nitrogen and oxygen atoms in total. The van der Waals surface area contributed by atoms with Crippen molar-refractivity contribution in [1.82, 2.24) is 5.16 Å². The normalized spacial score (nSPS) is 13.8. The van der Waals surface area contributed by atoms with Crippen LogP contribution in [0.25, 0.3) is 22.5 Å². The van der Waals surface area contributed by atoms with E-state index < -0.39 is 5.41 Å². The summed E-state index contributed by atoms with van der Waals surface area (Å²) < 4.78 is 11.1. The van der Waals surface area contributed by atoms with Crippen molar-refractivity contribution in [2.45, 2.75) is 37.0 Å². The number of benzene rings is 3. The lowest BCUT2D eigenvalue weighted by molar-refractivity contribution is -0.146. The Kier molecular flexibility index (Phi) is 7.38. The molecule has 0 bridgehead atoms. The fraction of sp³-hybridized carbons (Fsp3) is 0.290. The average molecular weight is 513 g/mol.